The molecule has 1 saturated heterocycles. The van der Waals surface area contributed by atoms with Crippen molar-refractivity contribution in [3.05, 3.63) is 17.5 Å². The van der Waals surface area contributed by atoms with Gasteiger partial charge in [0, 0.05) is 19.5 Å². The van der Waals surface area contributed by atoms with E-state index in [9.17, 15) is 18.0 Å². The highest BCUT2D eigenvalue weighted by molar-refractivity contribution is 5.79. The van der Waals surface area contributed by atoms with Crippen LogP contribution in [0.3, 0.4) is 0 Å². The monoisotopic (exact) mass is 357 g/mol. The Hall–Kier alpha value is -1.53. The zero-order chi connectivity index (χ0) is 18.0. The molecule has 2 heterocycles. The van der Waals surface area contributed by atoms with Gasteiger partial charge < -0.3 is 4.90 Å². The first-order chi connectivity index (χ1) is 11.9. The minimum absolute atomic E-state index is 0.0321. The third-order valence-corrected chi connectivity index (χ3v) is 5.54. The molecule has 0 bridgehead atoms. The minimum Gasteiger partial charge on any atom is -0.334 e. The number of nitrogens with zero attached hydrogens (tertiary/aromatic N) is 3. The van der Waals surface area contributed by atoms with E-state index in [2.05, 4.69) is 5.10 Å². The van der Waals surface area contributed by atoms with Crippen LogP contribution in [0.25, 0.3) is 0 Å². The number of carbonyl (C=O) groups excluding carboxylic acids is 1. The first-order valence-electron chi connectivity index (χ1n) is 9.29. The van der Waals surface area contributed by atoms with Gasteiger partial charge in [0.15, 0.2) is 5.69 Å². The Kier molecular flexibility index (Phi) is 5.39. The molecule has 0 aromatic carbocycles. The predicted octanol–water partition coefficient (Wildman–Crippen LogP) is 4.46. The van der Waals surface area contributed by atoms with Gasteiger partial charge in [0.05, 0.1) is 11.7 Å². The van der Waals surface area contributed by atoms with E-state index in [1.165, 1.54) is 11.1 Å². The maximum atomic E-state index is 13.1. The lowest BCUT2D eigenvalue weighted by molar-refractivity contribution is -0.141. The van der Waals surface area contributed by atoms with Gasteiger partial charge in [-0.15, -0.1) is 0 Å². The third kappa shape index (κ3) is 4.01. The molecule has 1 aromatic rings. The number of halogens is 3. The van der Waals surface area contributed by atoms with Crippen molar-refractivity contribution in [2.45, 2.75) is 70.0 Å². The fourth-order valence-corrected chi connectivity index (χ4v) is 4.20. The van der Waals surface area contributed by atoms with Crippen LogP contribution in [0.15, 0.2) is 6.07 Å². The topological polar surface area (TPSA) is 38.1 Å². The Morgan fingerprint density at radius 3 is 2.36 bits per heavy atom. The molecular weight excluding hydrogens is 331 g/mol. The van der Waals surface area contributed by atoms with Gasteiger partial charge in [-0.1, -0.05) is 32.1 Å². The molecule has 1 aliphatic heterocycles. The van der Waals surface area contributed by atoms with Gasteiger partial charge in [-0.05, 0) is 31.7 Å². The fourth-order valence-electron chi connectivity index (χ4n) is 4.20. The summed E-state index contributed by atoms with van der Waals surface area (Å²) in [6, 6.07) is 0.822. The molecule has 7 heteroatoms. The van der Waals surface area contributed by atoms with Crippen LogP contribution in [0.4, 0.5) is 13.2 Å². The summed E-state index contributed by atoms with van der Waals surface area (Å²) in [6.07, 6.45) is 4.21. The molecule has 4 nitrogen and oxygen atoms in total. The van der Waals surface area contributed by atoms with Crippen LogP contribution < -0.4 is 0 Å². The van der Waals surface area contributed by atoms with Gasteiger partial charge in [0.2, 0.25) is 5.91 Å². The molecule has 0 N–H and O–H groups in total. The van der Waals surface area contributed by atoms with Crippen LogP contribution in [0.2, 0.25) is 0 Å². The van der Waals surface area contributed by atoms with E-state index in [0.29, 0.717) is 18.7 Å². The summed E-state index contributed by atoms with van der Waals surface area (Å²) in [7, 11) is 1.54. The number of hydrogen-bond donors (Lipinski definition) is 0. The molecule has 0 radical (unpaired) electrons. The molecule has 25 heavy (non-hydrogen) atoms. The van der Waals surface area contributed by atoms with Crippen molar-refractivity contribution in [1.29, 1.82) is 0 Å². The summed E-state index contributed by atoms with van der Waals surface area (Å²) >= 11 is 0. The Labute approximate surface area is 146 Å². The summed E-state index contributed by atoms with van der Waals surface area (Å²) in [5.41, 5.74) is -0.377. The second kappa shape index (κ2) is 7.38. The molecule has 1 aromatic heterocycles. The Bertz CT molecular complexity index is 605. The van der Waals surface area contributed by atoms with Gasteiger partial charge in [-0.2, -0.15) is 18.3 Å². The van der Waals surface area contributed by atoms with Crippen molar-refractivity contribution in [2.75, 3.05) is 6.54 Å². The molecule has 1 aliphatic carbocycles. The zero-order valence-corrected chi connectivity index (χ0v) is 14.7. The highest BCUT2D eigenvalue weighted by Crippen LogP contribution is 2.36. The maximum absolute atomic E-state index is 13.1. The van der Waals surface area contributed by atoms with E-state index < -0.39 is 11.9 Å². The largest absolute Gasteiger partial charge is 0.435 e. The summed E-state index contributed by atoms with van der Waals surface area (Å²) < 4.78 is 40.4. The Morgan fingerprint density at radius 2 is 1.72 bits per heavy atom. The van der Waals surface area contributed by atoms with Crippen molar-refractivity contribution >= 4 is 5.91 Å². The zero-order valence-electron chi connectivity index (χ0n) is 14.7. The highest BCUT2D eigenvalue weighted by Gasteiger charge is 2.38. The Balaban J connectivity index is 1.88. The number of aryl methyl sites for hydroxylation is 1. The van der Waals surface area contributed by atoms with E-state index in [1.807, 2.05) is 4.90 Å². The van der Waals surface area contributed by atoms with Gasteiger partial charge in [0.25, 0.3) is 0 Å². The second-order valence-electron chi connectivity index (χ2n) is 7.31. The number of hydrogen-bond acceptors (Lipinski definition) is 2. The standard InChI is InChI=1S/C18H26F3N3O/c1-23-15(12-16(22-23)18(19,20)21)14-10-6-3-7-11-24(14)17(25)13-8-4-2-5-9-13/h12-14H,2-11H2,1H3/t14-/m0/s1. The summed E-state index contributed by atoms with van der Waals surface area (Å²) in [6.45, 7) is 0.631. The molecule has 1 saturated carbocycles. The molecule has 1 amide bonds. The smallest absolute Gasteiger partial charge is 0.334 e. The summed E-state index contributed by atoms with van der Waals surface area (Å²) in [4.78, 5) is 14.9. The first-order valence-corrected chi connectivity index (χ1v) is 9.29. The molecule has 1 atom stereocenters. The average molecular weight is 357 g/mol. The molecule has 3 rings (SSSR count). The Morgan fingerprint density at radius 1 is 1.08 bits per heavy atom. The molecule has 2 aliphatic rings. The van der Waals surface area contributed by atoms with Gasteiger partial charge in [-0.3, -0.25) is 9.48 Å². The van der Waals surface area contributed by atoms with Gasteiger partial charge in [-0.25, -0.2) is 0 Å². The molecule has 0 unspecified atom stereocenters. The van der Waals surface area contributed by atoms with Crippen molar-refractivity contribution < 1.29 is 18.0 Å². The maximum Gasteiger partial charge on any atom is 0.435 e. The van der Waals surface area contributed by atoms with Gasteiger partial charge >= 0.3 is 6.18 Å². The van der Waals surface area contributed by atoms with E-state index in [4.69, 9.17) is 0 Å². The molecular formula is C18H26F3N3O. The molecule has 0 spiro atoms. The second-order valence-corrected chi connectivity index (χ2v) is 7.31. The lowest BCUT2D eigenvalue weighted by Crippen LogP contribution is -2.40. The van der Waals surface area contributed by atoms with Crippen LogP contribution in [0.5, 0.6) is 0 Å². The van der Waals surface area contributed by atoms with E-state index in [-0.39, 0.29) is 17.9 Å². The number of likely N-dealkylation sites (tertiary alicyclic amines) is 1. The predicted molar refractivity (Wildman–Crippen MR) is 87.7 cm³/mol. The summed E-state index contributed by atoms with van der Waals surface area (Å²) in [5, 5.41) is 3.65. The number of amides is 1. The quantitative estimate of drug-likeness (QED) is 0.784. The van der Waals surface area contributed by atoms with Crippen LogP contribution in [-0.2, 0) is 18.0 Å². The SMILES string of the molecule is Cn1nc(C(F)(F)F)cc1[C@@H]1CCCCCN1C(=O)C1CCCCC1. The minimum atomic E-state index is -4.46. The van der Waals surface area contributed by atoms with Crippen molar-refractivity contribution in [3.63, 3.8) is 0 Å². The number of alkyl halides is 3. The lowest BCUT2D eigenvalue weighted by Gasteiger charge is -2.34. The van der Waals surface area contributed by atoms with Gasteiger partial charge in [0.1, 0.15) is 0 Å². The van der Waals surface area contributed by atoms with E-state index in [0.717, 1.165) is 51.0 Å². The van der Waals surface area contributed by atoms with Crippen molar-refractivity contribution in [3.8, 4) is 0 Å². The number of carbonyl (C=O) groups is 1. The highest BCUT2D eigenvalue weighted by atomic mass is 19.4. The van der Waals surface area contributed by atoms with E-state index >= 15 is 0 Å². The van der Waals surface area contributed by atoms with Crippen molar-refractivity contribution in [1.82, 2.24) is 14.7 Å². The van der Waals surface area contributed by atoms with Crippen molar-refractivity contribution in [2.24, 2.45) is 13.0 Å². The first kappa shape index (κ1) is 18.3. The number of aromatic nitrogens is 2. The fraction of sp³-hybridized carbons (Fsp3) is 0.778. The average Bonchev–Trinajstić information content (AvgIpc) is 2.82. The normalized spacial score (nSPS) is 23.5. The number of rotatable bonds is 2. The third-order valence-electron chi connectivity index (χ3n) is 5.54. The van der Waals surface area contributed by atoms with Crippen LogP contribution in [-0.4, -0.2) is 27.1 Å². The molecule has 140 valence electrons. The van der Waals surface area contributed by atoms with E-state index in [1.54, 1.807) is 7.05 Å². The summed E-state index contributed by atoms with van der Waals surface area (Å²) in [5.74, 6) is 0.158. The lowest BCUT2D eigenvalue weighted by atomic mass is 9.87. The van der Waals surface area contributed by atoms with Crippen LogP contribution >= 0.6 is 0 Å². The van der Waals surface area contributed by atoms with Crippen LogP contribution in [0.1, 0.15) is 75.2 Å². The molecule has 2 fully saturated rings. The van der Waals surface area contributed by atoms with Crippen LogP contribution in [0, 0.1) is 5.92 Å².